The number of anilines is 1. The van der Waals surface area contributed by atoms with Crippen LogP contribution in [0.25, 0.3) is 0 Å². The zero-order chi connectivity index (χ0) is 14.3. The van der Waals surface area contributed by atoms with Gasteiger partial charge < -0.3 is 10.1 Å². The van der Waals surface area contributed by atoms with Gasteiger partial charge in [-0.3, -0.25) is 4.79 Å². The molecule has 0 atom stereocenters. The first-order valence-corrected chi connectivity index (χ1v) is 7.26. The Hall–Kier alpha value is -1.60. The average Bonchev–Trinajstić information content (AvgIpc) is 2.24. The Labute approximate surface area is 112 Å². The van der Waals surface area contributed by atoms with Gasteiger partial charge in [-0.05, 0) is 39.0 Å². The number of hydrogen-bond acceptors (Lipinski definition) is 4. The van der Waals surface area contributed by atoms with Gasteiger partial charge in [0, 0.05) is 5.54 Å². The highest BCUT2D eigenvalue weighted by Gasteiger charge is 2.24. The molecule has 1 aromatic carbocycles. The van der Waals surface area contributed by atoms with Crippen LogP contribution < -0.4 is 14.8 Å². The zero-order valence-corrected chi connectivity index (χ0v) is 11.8. The molecule has 7 heteroatoms. The molecule has 1 aliphatic rings. The normalized spacial score (nSPS) is 15.4. The third-order valence-corrected chi connectivity index (χ3v) is 4.09. The van der Waals surface area contributed by atoms with Crippen LogP contribution in [0.4, 0.5) is 5.69 Å². The fourth-order valence-corrected chi connectivity index (χ4v) is 3.14. The lowest BCUT2D eigenvalue weighted by Crippen LogP contribution is -2.40. The number of rotatable bonds is 2. The summed E-state index contributed by atoms with van der Waals surface area (Å²) in [5.74, 6) is 0.167. The van der Waals surface area contributed by atoms with Crippen molar-refractivity contribution >= 4 is 21.6 Å². The summed E-state index contributed by atoms with van der Waals surface area (Å²) in [5.41, 5.74) is -0.206. The highest BCUT2D eigenvalue weighted by atomic mass is 32.2. The molecule has 0 spiro atoms. The second kappa shape index (κ2) is 4.50. The summed E-state index contributed by atoms with van der Waals surface area (Å²) in [6.07, 6.45) is 0. The largest absolute Gasteiger partial charge is 0.482 e. The van der Waals surface area contributed by atoms with Crippen molar-refractivity contribution in [2.75, 3.05) is 11.9 Å². The van der Waals surface area contributed by atoms with Crippen LogP contribution in [0.2, 0.25) is 0 Å². The van der Waals surface area contributed by atoms with E-state index in [0.717, 1.165) is 0 Å². The molecular weight excluding hydrogens is 268 g/mol. The number of ether oxygens (including phenoxy) is 1. The Morgan fingerprint density at radius 2 is 2.00 bits per heavy atom. The van der Waals surface area contributed by atoms with Crippen LogP contribution in [0.3, 0.4) is 0 Å². The summed E-state index contributed by atoms with van der Waals surface area (Å²) in [6.45, 7) is 5.22. The fraction of sp³-hybridized carbons (Fsp3) is 0.417. The molecule has 1 heterocycles. The third kappa shape index (κ3) is 3.24. The Kier molecular flexibility index (Phi) is 3.27. The number of hydrogen-bond donors (Lipinski definition) is 2. The maximum absolute atomic E-state index is 12.2. The summed E-state index contributed by atoms with van der Waals surface area (Å²) >= 11 is 0. The molecule has 0 aromatic heterocycles. The van der Waals surface area contributed by atoms with Crippen LogP contribution >= 0.6 is 0 Å². The van der Waals surface area contributed by atoms with E-state index in [1.807, 2.05) is 0 Å². The van der Waals surface area contributed by atoms with E-state index in [4.69, 9.17) is 4.74 Å². The molecule has 2 N–H and O–H groups in total. The van der Waals surface area contributed by atoms with Gasteiger partial charge in [0.15, 0.2) is 6.61 Å². The number of fused-ring (bicyclic) bond motifs is 1. The van der Waals surface area contributed by atoms with E-state index in [-0.39, 0.29) is 17.4 Å². The van der Waals surface area contributed by atoms with Gasteiger partial charge in [-0.15, -0.1) is 0 Å². The maximum atomic E-state index is 12.2. The second-order valence-corrected chi connectivity index (χ2v) is 7.03. The predicted molar refractivity (Wildman–Crippen MR) is 70.6 cm³/mol. The Morgan fingerprint density at radius 3 is 2.63 bits per heavy atom. The molecule has 104 valence electrons. The molecule has 0 bridgehead atoms. The number of carbonyl (C=O) groups is 1. The zero-order valence-electron chi connectivity index (χ0n) is 11.0. The van der Waals surface area contributed by atoms with Crippen LogP contribution in [0.15, 0.2) is 23.1 Å². The monoisotopic (exact) mass is 284 g/mol. The molecule has 0 radical (unpaired) electrons. The number of amides is 1. The fourth-order valence-electron chi connectivity index (χ4n) is 1.69. The van der Waals surface area contributed by atoms with E-state index in [1.54, 1.807) is 20.8 Å². The van der Waals surface area contributed by atoms with Crippen molar-refractivity contribution in [3.8, 4) is 5.75 Å². The van der Waals surface area contributed by atoms with Crippen molar-refractivity contribution in [3.63, 3.8) is 0 Å². The van der Waals surface area contributed by atoms with Crippen LogP contribution in [0.1, 0.15) is 20.8 Å². The molecular formula is C12H16N2O4S. The van der Waals surface area contributed by atoms with E-state index in [0.29, 0.717) is 11.4 Å². The highest BCUT2D eigenvalue weighted by molar-refractivity contribution is 7.89. The van der Waals surface area contributed by atoms with E-state index >= 15 is 0 Å². The third-order valence-electron chi connectivity index (χ3n) is 2.33. The first kappa shape index (κ1) is 13.8. The predicted octanol–water partition coefficient (Wildman–Crippen LogP) is 1.09. The van der Waals surface area contributed by atoms with Gasteiger partial charge in [0.1, 0.15) is 5.75 Å². The molecule has 0 saturated carbocycles. The number of benzene rings is 1. The van der Waals surface area contributed by atoms with E-state index in [9.17, 15) is 13.2 Å². The number of nitrogens with one attached hydrogen (secondary N) is 2. The quantitative estimate of drug-likeness (QED) is 0.851. The van der Waals surface area contributed by atoms with Gasteiger partial charge in [-0.1, -0.05) is 0 Å². The molecule has 2 rings (SSSR count). The van der Waals surface area contributed by atoms with Crippen molar-refractivity contribution in [2.24, 2.45) is 0 Å². The maximum Gasteiger partial charge on any atom is 0.262 e. The van der Waals surface area contributed by atoms with Crippen molar-refractivity contribution in [1.82, 2.24) is 4.72 Å². The van der Waals surface area contributed by atoms with Crippen LogP contribution in [0, 0.1) is 0 Å². The molecule has 1 aromatic rings. The molecule has 1 aliphatic heterocycles. The van der Waals surface area contributed by atoms with E-state index in [2.05, 4.69) is 10.0 Å². The van der Waals surface area contributed by atoms with Gasteiger partial charge in [-0.25, -0.2) is 13.1 Å². The van der Waals surface area contributed by atoms with E-state index < -0.39 is 15.6 Å². The number of sulfonamides is 1. The molecule has 0 unspecified atom stereocenters. The highest BCUT2D eigenvalue weighted by Crippen LogP contribution is 2.30. The van der Waals surface area contributed by atoms with Gasteiger partial charge in [0.25, 0.3) is 5.91 Å². The van der Waals surface area contributed by atoms with Gasteiger partial charge in [-0.2, -0.15) is 0 Å². The van der Waals surface area contributed by atoms with Crippen LogP contribution in [0.5, 0.6) is 5.75 Å². The van der Waals surface area contributed by atoms with E-state index in [1.165, 1.54) is 18.2 Å². The Balaban J connectivity index is 2.37. The minimum absolute atomic E-state index is 0.0562. The summed E-state index contributed by atoms with van der Waals surface area (Å²) in [4.78, 5) is 11.3. The lowest BCUT2D eigenvalue weighted by molar-refractivity contribution is -0.118. The molecule has 0 saturated heterocycles. The van der Waals surface area contributed by atoms with Crippen LogP contribution in [-0.2, 0) is 14.8 Å². The lowest BCUT2D eigenvalue weighted by atomic mass is 10.1. The first-order valence-electron chi connectivity index (χ1n) is 5.78. The second-order valence-electron chi connectivity index (χ2n) is 5.35. The Morgan fingerprint density at radius 1 is 1.32 bits per heavy atom. The van der Waals surface area contributed by atoms with Gasteiger partial charge in [0.05, 0.1) is 10.6 Å². The summed E-state index contributed by atoms with van der Waals surface area (Å²) in [6, 6.07) is 4.37. The average molecular weight is 284 g/mol. The van der Waals surface area contributed by atoms with Crippen molar-refractivity contribution < 1.29 is 17.9 Å². The van der Waals surface area contributed by atoms with Crippen molar-refractivity contribution in [2.45, 2.75) is 31.2 Å². The van der Waals surface area contributed by atoms with Gasteiger partial charge >= 0.3 is 0 Å². The molecule has 0 aliphatic carbocycles. The lowest BCUT2D eigenvalue weighted by Gasteiger charge is -2.22. The number of carbonyl (C=O) groups excluding carboxylic acids is 1. The minimum atomic E-state index is -3.63. The molecule has 6 nitrogen and oxygen atoms in total. The standard InChI is InChI=1S/C12H16N2O4S/c1-12(2,3)14-19(16,17)8-4-5-10-9(6-8)13-11(15)7-18-10/h4-6,14H,7H2,1-3H3,(H,13,15). The van der Waals surface area contributed by atoms with Gasteiger partial charge in [0.2, 0.25) is 10.0 Å². The molecule has 1 amide bonds. The smallest absolute Gasteiger partial charge is 0.262 e. The first-order chi connectivity index (χ1) is 8.67. The SMILES string of the molecule is CC(C)(C)NS(=O)(=O)c1ccc2c(c1)NC(=O)CO2. The van der Waals surface area contributed by atoms with Crippen LogP contribution in [-0.4, -0.2) is 26.5 Å². The van der Waals surface area contributed by atoms with Crippen molar-refractivity contribution in [1.29, 1.82) is 0 Å². The molecule has 0 fully saturated rings. The minimum Gasteiger partial charge on any atom is -0.482 e. The topological polar surface area (TPSA) is 84.5 Å². The summed E-state index contributed by atoms with van der Waals surface area (Å²) in [5, 5.41) is 2.58. The Bertz CT molecular complexity index is 617. The summed E-state index contributed by atoms with van der Waals surface area (Å²) < 4.78 is 32.0. The van der Waals surface area contributed by atoms with Crippen molar-refractivity contribution in [3.05, 3.63) is 18.2 Å². The molecule has 19 heavy (non-hydrogen) atoms. The summed E-state index contributed by atoms with van der Waals surface area (Å²) in [7, 11) is -3.63.